The Hall–Kier alpha value is -1.49. The van der Waals surface area contributed by atoms with Gasteiger partial charge in [0.1, 0.15) is 0 Å². The van der Waals surface area contributed by atoms with Crippen molar-refractivity contribution < 1.29 is 17.1 Å². The van der Waals surface area contributed by atoms with Crippen molar-refractivity contribution in [3.05, 3.63) is 84.7 Å². The molecule has 3 N–H and O–H groups in total. The molecule has 0 spiro atoms. The van der Waals surface area contributed by atoms with Crippen molar-refractivity contribution in [1.29, 1.82) is 0 Å². The minimum absolute atomic E-state index is 0. The van der Waals surface area contributed by atoms with E-state index >= 15 is 0 Å². The molecule has 0 aliphatic carbocycles. The molecule has 0 radical (unpaired) electrons. The molecule has 0 amide bonds. The summed E-state index contributed by atoms with van der Waals surface area (Å²) in [6.45, 7) is 0. The maximum atomic E-state index is 4.98. The van der Waals surface area contributed by atoms with Crippen LogP contribution >= 0.6 is 70.7 Å². The van der Waals surface area contributed by atoms with E-state index in [1.807, 2.05) is 54.6 Å². The zero-order valence-electron chi connectivity index (χ0n) is 15.7. The van der Waals surface area contributed by atoms with E-state index in [2.05, 4.69) is 33.2 Å². The van der Waals surface area contributed by atoms with E-state index in [-0.39, 0.29) is 17.1 Å². The third kappa shape index (κ3) is 6.50. The van der Waals surface area contributed by atoms with E-state index in [0.29, 0.717) is 0 Å². The Kier molecular flexibility index (Phi) is 8.88. The summed E-state index contributed by atoms with van der Waals surface area (Å²) in [5, 5.41) is 0. The van der Waals surface area contributed by atoms with Gasteiger partial charge >= 0.3 is 0 Å². The summed E-state index contributed by atoms with van der Waals surface area (Å²) in [6, 6.07) is 24.3. The fraction of sp³-hybridized carbons (Fsp3) is 0. The van der Waals surface area contributed by atoms with Crippen molar-refractivity contribution in [2.75, 3.05) is 0 Å². The summed E-state index contributed by atoms with van der Waals surface area (Å²) in [7, 11) is 0. The van der Waals surface area contributed by atoms with Gasteiger partial charge in [-0.05, 0) is 73.1 Å². The standard InChI is InChI=1S/3C7H5NS2.Fe/c3*9-7-8-5-3-1-2-4-6(5)10-7;/h3*1-4H,(H,8,9);. The molecule has 6 aromatic rings. The number of para-hydroxylation sites is 3. The first-order valence-corrected chi connectivity index (χ1v) is 12.5. The average molecular weight is 558 g/mol. The number of hydrogen-bond donors (Lipinski definition) is 3. The van der Waals surface area contributed by atoms with Crippen LogP contribution in [0.25, 0.3) is 30.6 Å². The number of fused-ring (bicyclic) bond motifs is 3. The predicted molar refractivity (Wildman–Crippen MR) is 141 cm³/mol. The molecule has 3 heterocycles. The normalized spacial score (nSPS) is 10.1. The average Bonchev–Trinajstić information content (AvgIpc) is 3.41. The topological polar surface area (TPSA) is 47.4 Å². The summed E-state index contributed by atoms with van der Waals surface area (Å²) in [6.07, 6.45) is 0. The SMILES string of the molecule is S=c1[nH]c2ccccc2s1.S=c1[nH]c2ccccc2s1.S=c1[nH]c2ccccc2s1.[Fe]. The molecular weight excluding hydrogens is 542 g/mol. The van der Waals surface area contributed by atoms with Gasteiger partial charge in [-0.1, -0.05) is 36.4 Å². The predicted octanol–water partition coefficient (Wildman–Crippen LogP) is 8.87. The second-order valence-corrected chi connectivity index (χ2v) is 11.2. The Bertz CT molecular complexity index is 1290. The first kappa shape index (κ1) is 24.2. The van der Waals surface area contributed by atoms with E-state index < -0.39 is 0 Å². The van der Waals surface area contributed by atoms with Crippen LogP contribution in [0.2, 0.25) is 0 Å². The second-order valence-electron chi connectivity index (χ2n) is 6.03. The van der Waals surface area contributed by atoms with Crippen LogP contribution in [0, 0.1) is 11.9 Å². The van der Waals surface area contributed by atoms with Crippen LogP contribution < -0.4 is 0 Å². The quantitative estimate of drug-likeness (QED) is 0.129. The Balaban J connectivity index is 0.000000130. The summed E-state index contributed by atoms with van der Waals surface area (Å²) in [4.78, 5) is 9.28. The van der Waals surface area contributed by atoms with Crippen molar-refractivity contribution in [3.8, 4) is 0 Å². The Labute approximate surface area is 216 Å². The number of benzene rings is 3. The van der Waals surface area contributed by atoms with Gasteiger partial charge in [-0.25, -0.2) is 0 Å². The molecule has 0 saturated heterocycles. The number of aromatic amines is 3. The van der Waals surface area contributed by atoms with Crippen LogP contribution in [0.1, 0.15) is 0 Å². The van der Waals surface area contributed by atoms with Gasteiger partial charge in [0, 0.05) is 17.1 Å². The third-order valence-corrected chi connectivity index (χ3v) is 7.63. The van der Waals surface area contributed by atoms with Gasteiger partial charge in [0.15, 0.2) is 11.9 Å². The van der Waals surface area contributed by atoms with Crippen LogP contribution in [0.5, 0.6) is 0 Å². The minimum Gasteiger partial charge on any atom is -0.337 e. The first-order valence-electron chi connectivity index (χ1n) is 8.82. The van der Waals surface area contributed by atoms with Crippen LogP contribution in [-0.2, 0) is 17.1 Å². The molecule has 3 aromatic heterocycles. The largest absolute Gasteiger partial charge is 0.337 e. The maximum absolute atomic E-state index is 4.98. The van der Waals surface area contributed by atoms with Gasteiger partial charge in [0.25, 0.3) is 0 Å². The monoisotopic (exact) mass is 557 g/mol. The molecule has 6 rings (SSSR count). The summed E-state index contributed by atoms with van der Waals surface area (Å²) < 4.78 is 6.23. The molecule has 0 aliphatic rings. The van der Waals surface area contributed by atoms with Crippen LogP contribution in [0.15, 0.2) is 72.8 Å². The molecule has 0 fully saturated rings. The summed E-state index contributed by atoms with van der Waals surface area (Å²) in [5.41, 5.74) is 3.41. The van der Waals surface area contributed by atoms with Gasteiger partial charge in [-0.15, -0.1) is 34.0 Å². The van der Waals surface area contributed by atoms with Crippen molar-refractivity contribution >= 4 is 101 Å². The van der Waals surface area contributed by atoms with E-state index in [1.54, 1.807) is 34.0 Å². The number of aromatic nitrogens is 3. The fourth-order valence-corrected chi connectivity index (χ4v) is 6.03. The number of rotatable bonds is 0. The van der Waals surface area contributed by atoms with Crippen molar-refractivity contribution in [2.24, 2.45) is 0 Å². The fourth-order valence-electron chi connectivity index (χ4n) is 2.68. The maximum Gasteiger partial charge on any atom is 0.159 e. The molecule has 10 heteroatoms. The summed E-state index contributed by atoms with van der Waals surface area (Å²) in [5.74, 6) is 0. The molecule has 0 saturated carbocycles. The number of hydrogen-bond acceptors (Lipinski definition) is 6. The Morgan fingerprint density at radius 1 is 0.452 bits per heavy atom. The molecular formula is C21H15FeN3S6. The number of thiazole rings is 3. The molecule has 0 atom stereocenters. The van der Waals surface area contributed by atoms with Crippen molar-refractivity contribution in [2.45, 2.75) is 0 Å². The Morgan fingerprint density at radius 2 is 0.710 bits per heavy atom. The van der Waals surface area contributed by atoms with Crippen LogP contribution in [0.3, 0.4) is 0 Å². The summed E-state index contributed by atoms with van der Waals surface area (Å²) >= 11 is 19.8. The van der Waals surface area contributed by atoms with Gasteiger partial charge < -0.3 is 15.0 Å². The van der Waals surface area contributed by atoms with Crippen LogP contribution in [0.4, 0.5) is 0 Å². The number of H-pyrrole nitrogens is 3. The van der Waals surface area contributed by atoms with E-state index in [1.165, 1.54) is 14.1 Å². The minimum atomic E-state index is 0. The first-order chi connectivity index (χ1) is 14.6. The van der Waals surface area contributed by atoms with E-state index in [0.717, 1.165) is 28.4 Å². The number of nitrogens with one attached hydrogen (secondary N) is 3. The van der Waals surface area contributed by atoms with Gasteiger partial charge in [0.05, 0.1) is 30.6 Å². The molecule has 0 aliphatic heterocycles. The van der Waals surface area contributed by atoms with Gasteiger partial charge in [-0.2, -0.15) is 0 Å². The van der Waals surface area contributed by atoms with E-state index in [9.17, 15) is 0 Å². The Morgan fingerprint density at radius 3 is 0.968 bits per heavy atom. The van der Waals surface area contributed by atoms with Gasteiger partial charge in [-0.3, -0.25) is 0 Å². The van der Waals surface area contributed by atoms with Gasteiger partial charge in [0.2, 0.25) is 0 Å². The molecule has 31 heavy (non-hydrogen) atoms. The molecule has 0 bridgehead atoms. The molecule has 3 aromatic carbocycles. The zero-order valence-corrected chi connectivity index (χ0v) is 21.7. The van der Waals surface area contributed by atoms with Crippen molar-refractivity contribution in [1.82, 2.24) is 15.0 Å². The molecule has 3 nitrogen and oxygen atoms in total. The van der Waals surface area contributed by atoms with Crippen molar-refractivity contribution in [3.63, 3.8) is 0 Å². The van der Waals surface area contributed by atoms with E-state index in [4.69, 9.17) is 36.7 Å². The molecule has 0 unspecified atom stereocenters. The zero-order chi connectivity index (χ0) is 20.9. The smallest absolute Gasteiger partial charge is 0.159 e. The molecule has 158 valence electrons. The van der Waals surface area contributed by atoms with Crippen LogP contribution in [-0.4, -0.2) is 15.0 Å². The second kappa shape index (κ2) is 11.4. The third-order valence-electron chi connectivity index (χ3n) is 3.98.